The van der Waals surface area contributed by atoms with E-state index in [0.29, 0.717) is 17.6 Å². The first kappa shape index (κ1) is 18.2. The topological polar surface area (TPSA) is 79.5 Å². The van der Waals surface area contributed by atoms with Crippen LogP contribution >= 0.6 is 0 Å². The predicted octanol–water partition coefficient (Wildman–Crippen LogP) is 1.83. The second-order valence-electron chi connectivity index (χ2n) is 5.98. The number of benzene rings is 2. The molecule has 7 nitrogen and oxygen atoms in total. The van der Waals surface area contributed by atoms with Gasteiger partial charge in [-0.15, -0.1) is 0 Å². The zero-order chi connectivity index (χ0) is 18.9. The predicted molar refractivity (Wildman–Crippen MR) is 98.0 cm³/mol. The van der Waals surface area contributed by atoms with Crippen LogP contribution in [-0.4, -0.2) is 31.3 Å². The summed E-state index contributed by atoms with van der Waals surface area (Å²) in [5.41, 5.74) is 1.98. The summed E-state index contributed by atoms with van der Waals surface area (Å²) in [7, 11) is 0.861. The molecule has 26 heavy (non-hydrogen) atoms. The van der Waals surface area contributed by atoms with E-state index < -0.39 is 10.1 Å². The number of hydrogen-bond donors (Lipinski definition) is 0. The van der Waals surface area contributed by atoms with Gasteiger partial charge in [0, 0.05) is 21.2 Å². The Labute approximate surface area is 151 Å². The van der Waals surface area contributed by atoms with Gasteiger partial charge >= 0.3 is 15.8 Å². The van der Waals surface area contributed by atoms with Crippen LogP contribution < -0.4 is 9.87 Å². The second kappa shape index (κ2) is 6.97. The molecule has 2 aromatic carbocycles. The Morgan fingerprint density at radius 2 is 1.62 bits per heavy atom. The lowest BCUT2D eigenvalue weighted by atomic mass is 10.1. The highest BCUT2D eigenvalue weighted by atomic mass is 32.2. The third kappa shape index (κ3) is 3.38. The molecular formula is C18H20N2O5S. The third-order valence-corrected chi connectivity index (χ3v) is 5.50. The Hall–Kier alpha value is -2.58. The van der Waals surface area contributed by atoms with Crippen molar-refractivity contribution in [3.05, 3.63) is 58.5 Å². The quantitative estimate of drug-likeness (QED) is 0.613. The summed E-state index contributed by atoms with van der Waals surface area (Å²) in [4.78, 5) is 12.0. The van der Waals surface area contributed by atoms with Crippen molar-refractivity contribution < 1.29 is 17.3 Å². The summed E-state index contributed by atoms with van der Waals surface area (Å²) in [5.74, 6) is 0.230. The Morgan fingerprint density at radius 1 is 0.962 bits per heavy atom. The number of ether oxygens (including phenoxy) is 1. The minimum atomic E-state index is -4.00. The van der Waals surface area contributed by atoms with Crippen molar-refractivity contribution in [1.29, 1.82) is 0 Å². The molecular weight excluding hydrogens is 356 g/mol. The summed E-state index contributed by atoms with van der Waals surface area (Å²) in [6.45, 7) is 0.592. The molecule has 0 aliphatic carbocycles. The van der Waals surface area contributed by atoms with Gasteiger partial charge in [-0.25, -0.2) is 4.79 Å². The van der Waals surface area contributed by atoms with Crippen LogP contribution in [0.1, 0.15) is 5.56 Å². The average molecular weight is 376 g/mol. The van der Waals surface area contributed by atoms with E-state index in [1.54, 1.807) is 51.5 Å². The molecule has 0 saturated carbocycles. The van der Waals surface area contributed by atoms with E-state index in [2.05, 4.69) is 0 Å². The van der Waals surface area contributed by atoms with Gasteiger partial charge < -0.3 is 8.92 Å². The molecule has 138 valence electrons. The molecule has 0 fully saturated rings. The van der Waals surface area contributed by atoms with Gasteiger partial charge in [0.25, 0.3) is 0 Å². The lowest BCUT2D eigenvalue weighted by Crippen LogP contribution is -2.19. The molecule has 3 aromatic rings. The Kier molecular flexibility index (Phi) is 4.88. The van der Waals surface area contributed by atoms with E-state index in [1.165, 1.54) is 21.3 Å². The lowest BCUT2D eigenvalue weighted by molar-refractivity contribution is 0.202. The molecule has 0 bridgehead atoms. The summed E-state index contributed by atoms with van der Waals surface area (Å²) in [6.07, 6.45) is 0.738. The second-order valence-corrected chi connectivity index (χ2v) is 7.52. The first-order chi connectivity index (χ1) is 12.3. The van der Waals surface area contributed by atoms with Gasteiger partial charge in [-0.05, 0) is 42.3 Å². The standard InChI is InChI=1S/C18H20N2O5S/c1-19-16-9-8-15(12-17(16)20(2)18(19)21)26(22,23)25-14-6-4-13(5-7-14)10-11-24-3/h4-9,12H,10-11H2,1-3H3. The maximum Gasteiger partial charge on any atom is 0.339 e. The fourth-order valence-corrected chi connectivity index (χ4v) is 3.70. The average Bonchev–Trinajstić information content (AvgIpc) is 2.85. The van der Waals surface area contributed by atoms with Crippen LogP contribution in [0, 0.1) is 0 Å². The Morgan fingerprint density at radius 3 is 2.27 bits per heavy atom. The molecule has 0 aliphatic heterocycles. The van der Waals surface area contributed by atoms with E-state index in [1.807, 2.05) is 0 Å². The van der Waals surface area contributed by atoms with Gasteiger partial charge in [0.15, 0.2) is 0 Å². The summed E-state index contributed by atoms with van der Waals surface area (Å²) in [5, 5.41) is 0. The van der Waals surface area contributed by atoms with Crippen LogP contribution in [0.15, 0.2) is 52.2 Å². The van der Waals surface area contributed by atoms with Crippen molar-refractivity contribution in [3.63, 3.8) is 0 Å². The SMILES string of the molecule is COCCc1ccc(OS(=O)(=O)c2ccc3c(c2)n(C)c(=O)n3C)cc1. The molecule has 0 unspecified atom stereocenters. The van der Waals surface area contributed by atoms with Gasteiger partial charge in [-0.1, -0.05) is 12.1 Å². The van der Waals surface area contributed by atoms with Gasteiger partial charge in [0.1, 0.15) is 10.6 Å². The number of imidazole rings is 1. The number of fused-ring (bicyclic) bond motifs is 1. The van der Waals surface area contributed by atoms with Crippen molar-refractivity contribution >= 4 is 21.2 Å². The summed E-state index contributed by atoms with van der Waals surface area (Å²) < 4.78 is 38.2. The van der Waals surface area contributed by atoms with E-state index >= 15 is 0 Å². The highest BCUT2D eigenvalue weighted by Gasteiger charge is 2.19. The zero-order valence-electron chi connectivity index (χ0n) is 14.8. The van der Waals surface area contributed by atoms with Crippen LogP contribution in [0.25, 0.3) is 11.0 Å². The number of methoxy groups -OCH3 is 1. The largest absolute Gasteiger partial charge is 0.384 e. The van der Waals surface area contributed by atoms with Crippen molar-refractivity contribution in [2.45, 2.75) is 11.3 Å². The first-order valence-electron chi connectivity index (χ1n) is 8.01. The van der Waals surface area contributed by atoms with Crippen LogP contribution in [-0.2, 0) is 35.4 Å². The van der Waals surface area contributed by atoms with E-state index in [4.69, 9.17) is 8.92 Å². The maximum atomic E-state index is 12.6. The number of aromatic nitrogens is 2. The Bertz CT molecular complexity index is 1100. The molecule has 0 atom stereocenters. The number of aryl methyl sites for hydroxylation is 2. The number of rotatable bonds is 6. The molecule has 0 amide bonds. The van der Waals surface area contributed by atoms with Crippen molar-refractivity contribution in [2.24, 2.45) is 14.1 Å². The third-order valence-electron chi connectivity index (χ3n) is 4.26. The fraction of sp³-hybridized carbons (Fsp3) is 0.278. The fourth-order valence-electron chi connectivity index (χ4n) is 2.75. The lowest BCUT2D eigenvalue weighted by Gasteiger charge is -2.08. The number of nitrogens with zero attached hydrogens (tertiary/aromatic N) is 2. The van der Waals surface area contributed by atoms with Gasteiger partial charge in [-0.3, -0.25) is 9.13 Å². The van der Waals surface area contributed by atoms with Crippen molar-refractivity contribution in [1.82, 2.24) is 9.13 Å². The highest BCUT2D eigenvalue weighted by molar-refractivity contribution is 7.87. The first-order valence-corrected chi connectivity index (χ1v) is 9.42. The normalized spacial score (nSPS) is 11.8. The van der Waals surface area contributed by atoms with E-state index in [-0.39, 0.29) is 16.3 Å². The monoisotopic (exact) mass is 376 g/mol. The minimum absolute atomic E-state index is 0.00494. The molecule has 0 aliphatic rings. The van der Waals surface area contributed by atoms with Gasteiger partial charge in [0.2, 0.25) is 0 Å². The maximum absolute atomic E-state index is 12.6. The molecule has 0 N–H and O–H groups in total. The molecule has 0 saturated heterocycles. The van der Waals surface area contributed by atoms with Crippen LogP contribution in [0.4, 0.5) is 0 Å². The van der Waals surface area contributed by atoms with Crippen molar-refractivity contribution in [3.8, 4) is 5.75 Å². The molecule has 1 aromatic heterocycles. The van der Waals surface area contributed by atoms with Crippen molar-refractivity contribution in [2.75, 3.05) is 13.7 Å². The van der Waals surface area contributed by atoms with Crippen LogP contribution in [0.5, 0.6) is 5.75 Å². The van der Waals surface area contributed by atoms with E-state index in [0.717, 1.165) is 12.0 Å². The summed E-state index contributed by atoms with van der Waals surface area (Å²) >= 11 is 0. The molecule has 8 heteroatoms. The molecule has 0 radical (unpaired) electrons. The van der Waals surface area contributed by atoms with Crippen LogP contribution in [0.2, 0.25) is 0 Å². The Balaban J connectivity index is 1.89. The van der Waals surface area contributed by atoms with Crippen LogP contribution in [0.3, 0.4) is 0 Å². The van der Waals surface area contributed by atoms with Gasteiger partial charge in [0.05, 0.1) is 17.6 Å². The summed E-state index contributed by atoms with van der Waals surface area (Å²) in [6, 6.07) is 11.3. The molecule has 1 heterocycles. The highest BCUT2D eigenvalue weighted by Crippen LogP contribution is 2.22. The number of hydrogen-bond acceptors (Lipinski definition) is 5. The zero-order valence-corrected chi connectivity index (χ0v) is 15.6. The minimum Gasteiger partial charge on any atom is -0.384 e. The molecule has 3 rings (SSSR count). The molecule has 0 spiro atoms. The van der Waals surface area contributed by atoms with Gasteiger partial charge in [-0.2, -0.15) is 8.42 Å². The smallest absolute Gasteiger partial charge is 0.339 e. The van der Waals surface area contributed by atoms with E-state index in [9.17, 15) is 13.2 Å².